The minimum atomic E-state index is -0.0573. The first-order chi connectivity index (χ1) is 12.4. The van der Waals surface area contributed by atoms with Crippen LogP contribution in [0.15, 0.2) is 48.8 Å². The molecule has 0 unspecified atom stereocenters. The molecule has 2 aromatic heterocycles. The number of pyridine rings is 1. The number of carbonyl (C=O) groups is 1. The second kappa shape index (κ2) is 6.29. The van der Waals surface area contributed by atoms with Gasteiger partial charge < -0.3 is 10.3 Å². The second-order valence-electron chi connectivity index (χ2n) is 7.52. The van der Waals surface area contributed by atoms with Crippen molar-refractivity contribution >= 4 is 28.8 Å². The molecule has 2 N–H and O–H groups in total. The van der Waals surface area contributed by atoms with Crippen LogP contribution in [0.4, 0.5) is 11.4 Å². The van der Waals surface area contributed by atoms with Gasteiger partial charge in [0.15, 0.2) is 5.78 Å². The Morgan fingerprint density at radius 2 is 1.92 bits per heavy atom. The van der Waals surface area contributed by atoms with Gasteiger partial charge in [-0.15, -0.1) is 0 Å². The van der Waals surface area contributed by atoms with E-state index in [-0.39, 0.29) is 11.2 Å². The van der Waals surface area contributed by atoms with E-state index >= 15 is 0 Å². The van der Waals surface area contributed by atoms with E-state index in [9.17, 15) is 4.79 Å². The topological polar surface area (TPSA) is 57.8 Å². The Hall–Kier alpha value is -2.59. The normalized spacial score (nSPS) is 15.6. The van der Waals surface area contributed by atoms with Crippen molar-refractivity contribution in [2.24, 2.45) is 5.41 Å². The Morgan fingerprint density at radius 3 is 2.65 bits per heavy atom. The third kappa shape index (κ3) is 3.01. The van der Waals surface area contributed by atoms with Gasteiger partial charge in [-0.1, -0.05) is 43.6 Å². The van der Waals surface area contributed by atoms with Gasteiger partial charge in [-0.3, -0.25) is 9.78 Å². The number of benzene rings is 1. The van der Waals surface area contributed by atoms with Gasteiger partial charge in [0.2, 0.25) is 0 Å². The average molecular weight is 366 g/mol. The molecule has 0 atom stereocenters. The standard InChI is InChI=1S/C21H20ClN3O/c1-21(2)10-16-18(17(26)11-21)20(24-13-6-4-3-5-7-13)19(25-16)14-8-9-23-12-15(14)22/h3-9,12,24-25H,10-11H2,1-2H3. The van der Waals surface area contributed by atoms with Crippen molar-refractivity contribution in [3.63, 3.8) is 0 Å². The highest BCUT2D eigenvalue weighted by Gasteiger charge is 2.36. The molecular formula is C21H20ClN3O. The summed E-state index contributed by atoms with van der Waals surface area (Å²) in [5.74, 6) is 0.155. The van der Waals surface area contributed by atoms with Gasteiger partial charge in [0, 0.05) is 35.8 Å². The molecule has 0 bridgehead atoms. The van der Waals surface area contributed by atoms with Crippen LogP contribution in [0.1, 0.15) is 36.3 Å². The lowest BCUT2D eigenvalue weighted by Gasteiger charge is -2.28. The highest BCUT2D eigenvalue weighted by Crippen LogP contribution is 2.44. The molecule has 2 heterocycles. The lowest BCUT2D eigenvalue weighted by molar-refractivity contribution is 0.0912. The van der Waals surface area contributed by atoms with Crippen LogP contribution in [0.25, 0.3) is 11.3 Å². The fourth-order valence-corrected chi connectivity index (χ4v) is 3.84. The van der Waals surface area contributed by atoms with Gasteiger partial charge in [0.05, 0.1) is 22.0 Å². The summed E-state index contributed by atoms with van der Waals surface area (Å²) < 4.78 is 0. The first kappa shape index (κ1) is 16.9. The summed E-state index contributed by atoms with van der Waals surface area (Å²) >= 11 is 6.39. The summed E-state index contributed by atoms with van der Waals surface area (Å²) in [5.41, 5.74) is 5.04. The van der Waals surface area contributed by atoms with E-state index in [1.165, 1.54) is 0 Å². The molecule has 26 heavy (non-hydrogen) atoms. The van der Waals surface area contributed by atoms with Crippen LogP contribution in [0.5, 0.6) is 0 Å². The molecule has 0 spiro atoms. The predicted molar refractivity (Wildman–Crippen MR) is 105 cm³/mol. The number of rotatable bonds is 3. The number of anilines is 2. The molecule has 132 valence electrons. The van der Waals surface area contributed by atoms with Crippen LogP contribution in [0.3, 0.4) is 0 Å². The maximum atomic E-state index is 12.9. The number of halogens is 1. The zero-order valence-corrected chi connectivity index (χ0v) is 15.5. The molecule has 0 saturated carbocycles. The summed E-state index contributed by atoms with van der Waals surface area (Å²) in [6.07, 6.45) is 4.68. The number of aromatic nitrogens is 2. The quantitative estimate of drug-likeness (QED) is 0.632. The molecular weight excluding hydrogens is 346 g/mol. The number of nitrogens with zero attached hydrogens (tertiary/aromatic N) is 1. The van der Waals surface area contributed by atoms with Crippen LogP contribution in [-0.2, 0) is 6.42 Å². The minimum absolute atomic E-state index is 0.0573. The Bertz CT molecular complexity index is 976. The van der Waals surface area contributed by atoms with Gasteiger partial charge in [-0.05, 0) is 30.0 Å². The lowest BCUT2D eigenvalue weighted by atomic mass is 9.76. The predicted octanol–water partition coefficient (Wildman–Crippen LogP) is 5.63. The Labute approximate surface area is 157 Å². The van der Waals surface area contributed by atoms with Crippen molar-refractivity contribution in [3.8, 4) is 11.3 Å². The molecule has 0 radical (unpaired) electrons. The van der Waals surface area contributed by atoms with Crippen molar-refractivity contribution in [2.45, 2.75) is 26.7 Å². The van der Waals surface area contributed by atoms with Gasteiger partial charge in [0.1, 0.15) is 0 Å². The first-order valence-electron chi connectivity index (χ1n) is 8.65. The van der Waals surface area contributed by atoms with Crippen molar-refractivity contribution in [2.75, 3.05) is 5.32 Å². The van der Waals surface area contributed by atoms with E-state index in [0.717, 1.165) is 40.3 Å². The smallest absolute Gasteiger partial charge is 0.167 e. The number of para-hydroxylation sites is 1. The van der Waals surface area contributed by atoms with Crippen LogP contribution >= 0.6 is 11.6 Å². The number of Topliss-reactive ketones (excluding diaryl/α,β-unsaturated/α-hetero) is 1. The summed E-state index contributed by atoms with van der Waals surface area (Å²) in [4.78, 5) is 20.5. The number of aromatic amines is 1. The zero-order valence-electron chi connectivity index (χ0n) is 14.8. The average Bonchev–Trinajstić information content (AvgIpc) is 2.93. The Balaban J connectivity index is 1.91. The van der Waals surface area contributed by atoms with Crippen molar-refractivity contribution in [3.05, 3.63) is 65.1 Å². The van der Waals surface area contributed by atoms with E-state index in [1.54, 1.807) is 12.4 Å². The molecule has 0 amide bonds. The molecule has 0 aliphatic heterocycles. The van der Waals surface area contributed by atoms with Gasteiger partial charge in [-0.2, -0.15) is 0 Å². The van der Waals surface area contributed by atoms with Crippen LogP contribution < -0.4 is 5.32 Å². The monoisotopic (exact) mass is 365 g/mol. The van der Waals surface area contributed by atoms with E-state index < -0.39 is 0 Å². The number of hydrogen-bond acceptors (Lipinski definition) is 3. The molecule has 1 aliphatic rings. The molecule has 3 aromatic rings. The third-order valence-electron chi connectivity index (χ3n) is 4.74. The van der Waals surface area contributed by atoms with Crippen LogP contribution in [0.2, 0.25) is 5.02 Å². The van der Waals surface area contributed by atoms with Gasteiger partial charge in [-0.25, -0.2) is 0 Å². The summed E-state index contributed by atoms with van der Waals surface area (Å²) in [7, 11) is 0. The molecule has 1 aliphatic carbocycles. The fraction of sp³-hybridized carbons (Fsp3) is 0.238. The maximum absolute atomic E-state index is 12.9. The summed E-state index contributed by atoms with van der Waals surface area (Å²) in [6.45, 7) is 4.25. The largest absolute Gasteiger partial charge is 0.356 e. The maximum Gasteiger partial charge on any atom is 0.167 e. The molecule has 0 fully saturated rings. The van der Waals surface area contributed by atoms with E-state index in [0.29, 0.717) is 11.4 Å². The second-order valence-corrected chi connectivity index (χ2v) is 7.92. The summed E-state index contributed by atoms with van der Waals surface area (Å²) in [5, 5.41) is 3.98. The molecule has 0 saturated heterocycles. The lowest BCUT2D eigenvalue weighted by Crippen LogP contribution is -2.26. The van der Waals surface area contributed by atoms with Crippen LogP contribution in [-0.4, -0.2) is 15.8 Å². The van der Waals surface area contributed by atoms with E-state index in [2.05, 4.69) is 29.1 Å². The Morgan fingerprint density at radius 1 is 1.15 bits per heavy atom. The van der Waals surface area contributed by atoms with Gasteiger partial charge >= 0.3 is 0 Å². The van der Waals surface area contributed by atoms with E-state index in [1.807, 2.05) is 36.4 Å². The molecule has 5 heteroatoms. The first-order valence-corrected chi connectivity index (χ1v) is 9.02. The number of ketones is 1. The third-order valence-corrected chi connectivity index (χ3v) is 5.04. The molecule has 4 nitrogen and oxygen atoms in total. The zero-order chi connectivity index (χ0) is 18.3. The molecule has 4 rings (SSSR count). The fourth-order valence-electron chi connectivity index (χ4n) is 3.63. The Kier molecular flexibility index (Phi) is 4.08. The number of carbonyl (C=O) groups excluding carboxylic acids is 1. The number of fused-ring (bicyclic) bond motifs is 1. The highest BCUT2D eigenvalue weighted by atomic mass is 35.5. The minimum Gasteiger partial charge on any atom is -0.356 e. The van der Waals surface area contributed by atoms with Crippen molar-refractivity contribution < 1.29 is 4.79 Å². The highest BCUT2D eigenvalue weighted by molar-refractivity contribution is 6.33. The molecule has 1 aromatic carbocycles. The number of H-pyrrole nitrogens is 1. The van der Waals surface area contributed by atoms with E-state index in [4.69, 9.17) is 11.6 Å². The van der Waals surface area contributed by atoms with Crippen molar-refractivity contribution in [1.29, 1.82) is 0 Å². The van der Waals surface area contributed by atoms with Gasteiger partial charge in [0.25, 0.3) is 0 Å². The SMILES string of the molecule is CC1(C)CC(=O)c2c([nH]c(-c3ccncc3Cl)c2Nc2ccccc2)C1. The number of hydrogen-bond donors (Lipinski definition) is 2. The summed E-state index contributed by atoms with van der Waals surface area (Å²) in [6, 6.07) is 11.7. The van der Waals surface area contributed by atoms with Crippen molar-refractivity contribution in [1.82, 2.24) is 9.97 Å². The van der Waals surface area contributed by atoms with Crippen LogP contribution in [0, 0.1) is 5.41 Å². The number of nitrogens with one attached hydrogen (secondary N) is 2.